The van der Waals surface area contributed by atoms with Crippen molar-refractivity contribution in [1.29, 1.82) is 0 Å². The standard InChI is InChI=1S/C21H26N2O4S/c1-26-20-13-19(14-21(15-20)27-2)22-18-9-6-11-23(16-18)28(24,25)12-10-17-7-4-3-5-8-17/h3-5,7-8,10,12-15,18,22H,6,9,11,16H2,1-2H3. The van der Waals surface area contributed by atoms with Crippen LogP contribution in [0.3, 0.4) is 0 Å². The fraction of sp³-hybridized carbons (Fsp3) is 0.333. The molecule has 28 heavy (non-hydrogen) atoms. The van der Waals surface area contributed by atoms with E-state index in [9.17, 15) is 8.42 Å². The number of benzene rings is 2. The van der Waals surface area contributed by atoms with Crippen molar-refractivity contribution in [3.63, 3.8) is 0 Å². The van der Waals surface area contributed by atoms with Crippen molar-refractivity contribution in [1.82, 2.24) is 4.31 Å². The fourth-order valence-electron chi connectivity index (χ4n) is 3.23. The molecule has 0 aromatic heterocycles. The first-order valence-electron chi connectivity index (χ1n) is 9.23. The second-order valence-corrected chi connectivity index (χ2v) is 8.52. The smallest absolute Gasteiger partial charge is 0.236 e. The summed E-state index contributed by atoms with van der Waals surface area (Å²) in [7, 11) is -0.262. The molecule has 0 spiro atoms. The summed E-state index contributed by atoms with van der Waals surface area (Å²) in [5, 5.41) is 4.71. The van der Waals surface area contributed by atoms with E-state index in [1.807, 2.05) is 42.5 Å². The first-order chi connectivity index (χ1) is 13.5. The van der Waals surface area contributed by atoms with E-state index >= 15 is 0 Å². The van der Waals surface area contributed by atoms with Crippen LogP contribution in [-0.4, -0.2) is 46.1 Å². The average Bonchev–Trinajstić information content (AvgIpc) is 2.73. The van der Waals surface area contributed by atoms with Gasteiger partial charge in [-0.15, -0.1) is 0 Å². The number of anilines is 1. The monoisotopic (exact) mass is 402 g/mol. The molecule has 1 aliphatic heterocycles. The third-order valence-corrected chi connectivity index (χ3v) is 6.23. The Morgan fingerprint density at radius 2 is 1.75 bits per heavy atom. The predicted molar refractivity (Wildman–Crippen MR) is 112 cm³/mol. The normalized spacial score (nSPS) is 18.1. The van der Waals surface area contributed by atoms with Gasteiger partial charge in [-0.2, -0.15) is 4.31 Å². The molecule has 1 unspecified atom stereocenters. The Balaban J connectivity index is 1.69. The van der Waals surface area contributed by atoms with Crippen molar-refractivity contribution < 1.29 is 17.9 Å². The van der Waals surface area contributed by atoms with Gasteiger partial charge < -0.3 is 14.8 Å². The van der Waals surface area contributed by atoms with Gasteiger partial charge in [0.05, 0.1) is 14.2 Å². The maximum atomic E-state index is 12.7. The van der Waals surface area contributed by atoms with Gasteiger partial charge in [-0.1, -0.05) is 30.3 Å². The molecular formula is C21H26N2O4S. The molecule has 1 heterocycles. The maximum Gasteiger partial charge on any atom is 0.236 e. The Bertz CT molecular complexity index is 891. The first kappa shape index (κ1) is 20.2. The Morgan fingerprint density at radius 3 is 2.39 bits per heavy atom. The molecule has 0 bridgehead atoms. The van der Waals surface area contributed by atoms with Crippen molar-refractivity contribution in [2.75, 3.05) is 32.6 Å². The van der Waals surface area contributed by atoms with Crippen molar-refractivity contribution in [2.45, 2.75) is 18.9 Å². The highest BCUT2D eigenvalue weighted by atomic mass is 32.2. The Hall–Kier alpha value is -2.51. The second-order valence-electron chi connectivity index (χ2n) is 6.70. The largest absolute Gasteiger partial charge is 0.497 e. The fourth-order valence-corrected chi connectivity index (χ4v) is 4.51. The number of hydrogen-bond acceptors (Lipinski definition) is 5. The predicted octanol–water partition coefficient (Wildman–Crippen LogP) is 3.58. The number of piperidine rings is 1. The molecule has 0 aliphatic carbocycles. The second kappa shape index (κ2) is 9.12. The zero-order valence-corrected chi connectivity index (χ0v) is 17.0. The minimum absolute atomic E-state index is 0.0189. The molecule has 150 valence electrons. The molecule has 0 radical (unpaired) electrons. The molecule has 1 atom stereocenters. The van der Waals surface area contributed by atoms with Gasteiger partial charge in [-0.3, -0.25) is 0 Å². The van der Waals surface area contributed by atoms with Crippen LogP contribution in [0.1, 0.15) is 18.4 Å². The minimum atomic E-state index is -3.47. The number of nitrogens with zero attached hydrogens (tertiary/aromatic N) is 1. The molecule has 2 aromatic rings. The summed E-state index contributed by atoms with van der Waals surface area (Å²) in [4.78, 5) is 0. The molecule has 7 heteroatoms. The van der Waals surface area contributed by atoms with Crippen LogP contribution >= 0.6 is 0 Å². The lowest BCUT2D eigenvalue weighted by atomic mass is 10.1. The van der Waals surface area contributed by atoms with Crippen molar-refractivity contribution in [3.8, 4) is 11.5 Å². The lowest BCUT2D eigenvalue weighted by molar-refractivity contribution is 0.330. The van der Waals surface area contributed by atoms with E-state index in [1.54, 1.807) is 26.4 Å². The average molecular weight is 403 g/mol. The van der Waals surface area contributed by atoms with Gasteiger partial charge in [-0.05, 0) is 24.5 Å². The SMILES string of the molecule is COc1cc(NC2CCCN(S(=O)(=O)C=Cc3ccccc3)C2)cc(OC)c1. The van der Waals surface area contributed by atoms with Crippen LogP contribution < -0.4 is 14.8 Å². The quantitative estimate of drug-likeness (QED) is 0.767. The first-order valence-corrected chi connectivity index (χ1v) is 10.7. The van der Waals surface area contributed by atoms with Crippen LogP contribution in [0.5, 0.6) is 11.5 Å². The van der Waals surface area contributed by atoms with Gasteiger partial charge >= 0.3 is 0 Å². The third-order valence-electron chi connectivity index (χ3n) is 4.70. The van der Waals surface area contributed by atoms with E-state index in [2.05, 4.69) is 5.32 Å². The summed E-state index contributed by atoms with van der Waals surface area (Å²) in [6, 6.07) is 15.0. The Morgan fingerprint density at radius 1 is 1.07 bits per heavy atom. The van der Waals surface area contributed by atoms with E-state index in [0.717, 1.165) is 24.1 Å². The number of nitrogens with one attached hydrogen (secondary N) is 1. The van der Waals surface area contributed by atoms with E-state index in [-0.39, 0.29) is 6.04 Å². The molecule has 2 aromatic carbocycles. The highest BCUT2D eigenvalue weighted by Crippen LogP contribution is 2.27. The molecular weight excluding hydrogens is 376 g/mol. The highest BCUT2D eigenvalue weighted by Gasteiger charge is 2.27. The molecule has 1 aliphatic rings. The number of methoxy groups -OCH3 is 2. The summed E-state index contributed by atoms with van der Waals surface area (Å²) >= 11 is 0. The number of rotatable bonds is 7. The van der Waals surface area contributed by atoms with Gasteiger partial charge in [0.25, 0.3) is 0 Å². The number of ether oxygens (including phenoxy) is 2. The molecule has 1 saturated heterocycles. The van der Waals surface area contributed by atoms with Gasteiger partial charge in [0, 0.05) is 48.4 Å². The van der Waals surface area contributed by atoms with E-state index in [1.165, 1.54) is 9.71 Å². The Labute approximate surface area is 166 Å². The van der Waals surface area contributed by atoms with Crippen molar-refractivity contribution in [2.24, 2.45) is 0 Å². The summed E-state index contributed by atoms with van der Waals surface area (Å²) in [6.45, 7) is 0.946. The summed E-state index contributed by atoms with van der Waals surface area (Å²) < 4.78 is 37.6. The third kappa shape index (κ3) is 5.27. The van der Waals surface area contributed by atoms with Crippen LogP contribution in [0, 0.1) is 0 Å². The van der Waals surface area contributed by atoms with Crippen molar-refractivity contribution in [3.05, 3.63) is 59.5 Å². The van der Waals surface area contributed by atoms with Gasteiger partial charge in [0.15, 0.2) is 0 Å². The van der Waals surface area contributed by atoms with Crippen LogP contribution in [0.2, 0.25) is 0 Å². The maximum absolute atomic E-state index is 12.7. The van der Waals surface area contributed by atoms with Gasteiger partial charge in [0.2, 0.25) is 10.0 Å². The van der Waals surface area contributed by atoms with E-state index in [4.69, 9.17) is 9.47 Å². The topological polar surface area (TPSA) is 67.9 Å². The molecule has 0 amide bonds. The van der Waals surface area contributed by atoms with Crippen LogP contribution in [-0.2, 0) is 10.0 Å². The molecule has 1 fully saturated rings. The lowest BCUT2D eigenvalue weighted by Gasteiger charge is -2.32. The summed E-state index contributed by atoms with van der Waals surface area (Å²) in [5.41, 5.74) is 1.71. The Kier molecular flexibility index (Phi) is 6.59. The highest BCUT2D eigenvalue weighted by molar-refractivity contribution is 7.92. The van der Waals surface area contributed by atoms with Crippen LogP contribution in [0.4, 0.5) is 5.69 Å². The number of hydrogen-bond donors (Lipinski definition) is 1. The van der Waals surface area contributed by atoms with E-state index in [0.29, 0.717) is 24.6 Å². The van der Waals surface area contributed by atoms with Crippen molar-refractivity contribution >= 4 is 21.8 Å². The lowest BCUT2D eigenvalue weighted by Crippen LogP contribution is -2.44. The molecule has 1 N–H and O–H groups in total. The van der Waals surface area contributed by atoms with E-state index < -0.39 is 10.0 Å². The zero-order valence-electron chi connectivity index (χ0n) is 16.2. The van der Waals surface area contributed by atoms with Gasteiger partial charge in [-0.25, -0.2) is 8.42 Å². The minimum Gasteiger partial charge on any atom is -0.497 e. The molecule has 0 saturated carbocycles. The number of sulfonamides is 1. The molecule has 3 rings (SSSR count). The summed E-state index contributed by atoms with van der Waals surface area (Å²) in [5.74, 6) is 1.38. The summed E-state index contributed by atoms with van der Waals surface area (Å²) in [6.07, 6.45) is 3.34. The van der Waals surface area contributed by atoms with Crippen LogP contribution in [0.25, 0.3) is 6.08 Å². The van der Waals surface area contributed by atoms with Crippen LogP contribution in [0.15, 0.2) is 53.9 Å². The zero-order chi connectivity index (χ0) is 20.0. The van der Waals surface area contributed by atoms with Gasteiger partial charge in [0.1, 0.15) is 11.5 Å². The molecule has 6 nitrogen and oxygen atoms in total.